The second-order valence-corrected chi connectivity index (χ2v) is 6.62. The van der Waals surface area contributed by atoms with Gasteiger partial charge < -0.3 is 0 Å². The van der Waals surface area contributed by atoms with Gasteiger partial charge in [0.25, 0.3) is 0 Å². The van der Waals surface area contributed by atoms with E-state index in [0.717, 1.165) is 0 Å². The summed E-state index contributed by atoms with van der Waals surface area (Å²) in [6.45, 7) is 2.24. The Morgan fingerprint density at radius 1 is 0.480 bits per heavy atom. The molecule has 118 valence electrons. The largest absolute Gasteiger partial charge is 0.0622 e. The van der Waals surface area contributed by atoms with Crippen molar-refractivity contribution in [3.63, 3.8) is 0 Å². The number of hydrogen-bond acceptors (Lipinski definition) is 0. The molecule has 0 atom stereocenters. The molecule has 0 aromatic heterocycles. The number of rotatable bonds is 1. The van der Waals surface area contributed by atoms with Crippen molar-refractivity contribution >= 4 is 32.3 Å². The molecule has 0 saturated carbocycles. The van der Waals surface area contributed by atoms with Crippen molar-refractivity contribution in [2.24, 2.45) is 0 Å². The molecule has 0 amide bonds. The molecule has 5 aromatic rings. The van der Waals surface area contributed by atoms with Gasteiger partial charge >= 0.3 is 0 Å². The Morgan fingerprint density at radius 2 is 1.12 bits per heavy atom. The highest BCUT2D eigenvalue weighted by Gasteiger charge is 2.14. The molecular weight excluding hydrogens is 300 g/mol. The fourth-order valence-corrected chi connectivity index (χ4v) is 4.07. The average Bonchev–Trinajstić information content (AvgIpc) is 2.69. The summed E-state index contributed by atoms with van der Waals surface area (Å²) in [5.41, 5.74) is 3.98. The van der Waals surface area contributed by atoms with E-state index in [4.69, 9.17) is 0 Å². The van der Waals surface area contributed by atoms with Crippen molar-refractivity contribution in [2.45, 2.75) is 6.92 Å². The monoisotopic (exact) mass is 318 g/mol. The van der Waals surface area contributed by atoms with E-state index in [2.05, 4.69) is 97.9 Å². The molecule has 0 aliphatic rings. The van der Waals surface area contributed by atoms with E-state index in [9.17, 15) is 0 Å². The third-order valence-corrected chi connectivity index (χ3v) is 5.25. The summed E-state index contributed by atoms with van der Waals surface area (Å²) >= 11 is 0. The van der Waals surface area contributed by atoms with Gasteiger partial charge in [-0.2, -0.15) is 0 Å². The molecule has 0 unspecified atom stereocenters. The Hall–Kier alpha value is -3.12. The molecule has 0 aliphatic carbocycles. The first kappa shape index (κ1) is 14.2. The number of fused-ring (bicyclic) bond motifs is 4. The molecule has 0 aliphatic heterocycles. The van der Waals surface area contributed by atoms with Crippen molar-refractivity contribution in [3.8, 4) is 11.1 Å². The van der Waals surface area contributed by atoms with Crippen LogP contribution in [-0.4, -0.2) is 0 Å². The van der Waals surface area contributed by atoms with Crippen LogP contribution < -0.4 is 0 Å². The highest BCUT2D eigenvalue weighted by molar-refractivity contribution is 6.23. The van der Waals surface area contributed by atoms with E-state index < -0.39 is 0 Å². The maximum Gasteiger partial charge on any atom is -0.00177 e. The fraction of sp³-hybridized carbons (Fsp3) is 0.0400. The van der Waals surface area contributed by atoms with E-state index in [0.29, 0.717) is 0 Å². The number of benzene rings is 5. The predicted octanol–water partition coefficient (Wildman–Crippen LogP) is 7.12. The number of hydrogen-bond donors (Lipinski definition) is 0. The van der Waals surface area contributed by atoms with Gasteiger partial charge in [0.1, 0.15) is 0 Å². The quantitative estimate of drug-likeness (QED) is 0.228. The van der Waals surface area contributed by atoms with E-state index >= 15 is 0 Å². The molecule has 5 rings (SSSR count). The van der Waals surface area contributed by atoms with Gasteiger partial charge in [0.05, 0.1) is 0 Å². The lowest BCUT2D eigenvalue weighted by atomic mass is 9.86. The molecule has 0 fully saturated rings. The first-order valence-electron chi connectivity index (χ1n) is 8.73. The SMILES string of the molecule is Cc1c2ccccc2c(-c2ccccc2)c2c1ccc1ccccc12. The summed E-state index contributed by atoms with van der Waals surface area (Å²) < 4.78 is 0. The second kappa shape index (κ2) is 5.46. The zero-order chi connectivity index (χ0) is 16.8. The second-order valence-electron chi connectivity index (χ2n) is 6.62. The van der Waals surface area contributed by atoms with E-state index in [-0.39, 0.29) is 0 Å². The van der Waals surface area contributed by atoms with Crippen LogP contribution in [0.15, 0.2) is 91.0 Å². The minimum Gasteiger partial charge on any atom is -0.0622 e. The van der Waals surface area contributed by atoms with Gasteiger partial charge in [-0.3, -0.25) is 0 Å². The number of aryl methyl sites for hydroxylation is 1. The van der Waals surface area contributed by atoms with Crippen molar-refractivity contribution in [1.29, 1.82) is 0 Å². The van der Waals surface area contributed by atoms with Crippen LogP contribution in [-0.2, 0) is 0 Å². The highest BCUT2D eigenvalue weighted by atomic mass is 14.2. The van der Waals surface area contributed by atoms with Gasteiger partial charge in [-0.15, -0.1) is 0 Å². The third-order valence-electron chi connectivity index (χ3n) is 5.25. The molecule has 0 heterocycles. The van der Waals surface area contributed by atoms with Gasteiger partial charge in [-0.1, -0.05) is 91.0 Å². The Kier molecular flexibility index (Phi) is 3.11. The van der Waals surface area contributed by atoms with Crippen molar-refractivity contribution in [1.82, 2.24) is 0 Å². The normalized spacial score (nSPS) is 11.4. The summed E-state index contributed by atoms with van der Waals surface area (Å²) in [4.78, 5) is 0. The molecule has 0 spiro atoms. The highest BCUT2D eigenvalue weighted by Crippen LogP contribution is 2.41. The molecule has 5 aromatic carbocycles. The van der Waals surface area contributed by atoms with Crippen LogP contribution in [0.2, 0.25) is 0 Å². The van der Waals surface area contributed by atoms with Gasteiger partial charge in [-0.05, 0) is 55.9 Å². The zero-order valence-electron chi connectivity index (χ0n) is 14.2. The molecule has 25 heavy (non-hydrogen) atoms. The molecule has 0 heteroatoms. The van der Waals surface area contributed by atoms with Crippen molar-refractivity contribution in [3.05, 3.63) is 96.6 Å². The van der Waals surface area contributed by atoms with E-state index in [1.165, 1.54) is 49.0 Å². The lowest BCUT2D eigenvalue weighted by molar-refractivity contribution is 1.58. The molecule has 0 N–H and O–H groups in total. The van der Waals surface area contributed by atoms with Crippen molar-refractivity contribution in [2.75, 3.05) is 0 Å². The Balaban J connectivity index is 2.13. The van der Waals surface area contributed by atoms with E-state index in [1.807, 2.05) is 0 Å². The molecular formula is C25H18. The lowest BCUT2D eigenvalue weighted by Gasteiger charge is -2.17. The smallest absolute Gasteiger partial charge is 0.00177 e. The fourth-order valence-electron chi connectivity index (χ4n) is 4.07. The maximum absolute atomic E-state index is 2.28. The Labute approximate surface area is 147 Å². The maximum atomic E-state index is 2.28. The summed E-state index contributed by atoms with van der Waals surface area (Å²) in [6, 6.07) is 32.8. The minimum atomic E-state index is 1.28. The summed E-state index contributed by atoms with van der Waals surface area (Å²) in [6.07, 6.45) is 0. The summed E-state index contributed by atoms with van der Waals surface area (Å²) in [5.74, 6) is 0. The van der Waals surface area contributed by atoms with Crippen LogP contribution in [0.3, 0.4) is 0 Å². The van der Waals surface area contributed by atoms with Crippen LogP contribution in [0, 0.1) is 6.92 Å². The first-order valence-corrected chi connectivity index (χ1v) is 8.73. The first-order chi connectivity index (χ1) is 12.3. The van der Waals surface area contributed by atoms with Gasteiger partial charge in [0.15, 0.2) is 0 Å². The van der Waals surface area contributed by atoms with Crippen LogP contribution in [0.1, 0.15) is 5.56 Å². The molecule has 0 radical (unpaired) electrons. The summed E-state index contributed by atoms with van der Waals surface area (Å²) in [5, 5.41) is 7.99. The third kappa shape index (κ3) is 2.08. The van der Waals surface area contributed by atoms with Crippen LogP contribution in [0.25, 0.3) is 43.4 Å². The topological polar surface area (TPSA) is 0 Å². The molecule has 0 nitrogen and oxygen atoms in total. The van der Waals surface area contributed by atoms with Crippen LogP contribution >= 0.6 is 0 Å². The average molecular weight is 318 g/mol. The van der Waals surface area contributed by atoms with Crippen LogP contribution in [0.4, 0.5) is 0 Å². The predicted molar refractivity (Wildman–Crippen MR) is 109 cm³/mol. The Morgan fingerprint density at radius 3 is 1.92 bits per heavy atom. The van der Waals surface area contributed by atoms with Crippen LogP contribution in [0.5, 0.6) is 0 Å². The standard InChI is InChI=1S/C25H18/c1-17-20-12-7-8-14-23(20)24(19-10-3-2-4-11-19)25-21(17)16-15-18-9-5-6-13-22(18)25/h2-16H,1H3. The summed E-state index contributed by atoms with van der Waals surface area (Å²) in [7, 11) is 0. The Bertz CT molecular complexity index is 1230. The molecule has 0 bridgehead atoms. The van der Waals surface area contributed by atoms with Gasteiger partial charge in [0.2, 0.25) is 0 Å². The lowest BCUT2D eigenvalue weighted by Crippen LogP contribution is -1.90. The zero-order valence-corrected chi connectivity index (χ0v) is 14.2. The molecule has 0 saturated heterocycles. The minimum absolute atomic E-state index is 1.28. The van der Waals surface area contributed by atoms with Crippen molar-refractivity contribution < 1.29 is 0 Å². The van der Waals surface area contributed by atoms with Gasteiger partial charge in [-0.25, -0.2) is 0 Å². The van der Waals surface area contributed by atoms with E-state index in [1.54, 1.807) is 0 Å². The van der Waals surface area contributed by atoms with Gasteiger partial charge in [0, 0.05) is 0 Å².